The Bertz CT molecular complexity index is 625. The SMILES string of the molecule is C=CCN(CC(=O)O)S(=O)(=O)c1c(F)cc(F)cc1Br. The Morgan fingerprint density at radius 3 is 2.50 bits per heavy atom. The molecule has 1 N–H and O–H groups in total. The van der Waals surface area contributed by atoms with Gasteiger partial charge in [0.05, 0.1) is 0 Å². The summed E-state index contributed by atoms with van der Waals surface area (Å²) in [7, 11) is -4.44. The normalized spacial score (nSPS) is 11.6. The first-order valence-electron chi connectivity index (χ1n) is 5.17. The summed E-state index contributed by atoms with van der Waals surface area (Å²) in [4.78, 5) is 9.86. The van der Waals surface area contributed by atoms with Gasteiger partial charge < -0.3 is 5.11 Å². The lowest BCUT2D eigenvalue weighted by atomic mass is 10.3. The Hall–Kier alpha value is -1.32. The fourth-order valence-corrected chi connectivity index (χ4v) is 3.92. The molecule has 0 aliphatic rings. The standard InChI is InChI=1S/C11H10BrF2NO4S/c1-2-3-15(6-10(16)17)20(18,19)11-8(12)4-7(13)5-9(11)14/h2,4-5H,1,3,6H2,(H,16,17). The third-order valence-corrected chi connectivity index (χ3v) is 4.98. The molecule has 0 bridgehead atoms. The molecule has 0 atom stereocenters. The lowest BCUT2D eigenvalue weighted by molar-refractivity contribution is -0.137. The maximum atomic E-state index is 13.7. The van der Waals surface area contributed by atoms with Crippen LogP contribution >= 0.6 is 15.9 Å². The second-order valence-electron chi connectivity index (χ2n) is 3.68. The molecule has 0 aliphatic heterocycles. The van der Waals surface area contributed by atoms with E-state index in [1.54, 1.807) is 0 Å². The van der Waals surface area contributed by atoms with E-state index in [-0.39, 0.29) is 11.0 Å². The molecule has 9 heteroatoms. The highest BCUT2D eigenvalue weighted by molar-refractivity contribution is 9.10. The summed E-state index contributed by atoms with van der Waals surface area (Å²) in [6, 6.07) is 1.19. The zero-order valence-corrected chi connectivity index (χ0v) is 12.4. The lowest BCUT2D eigenvalue weighted by Gasteiger charge is -2.19. The highest BCUT2D eigenvalue weighted by Crippen LogP contribution is 2.28. The van der Waals surface area contributed by atoms with Crippen LogP contribution in [0.5, 0.6) is 0 Å². The maximum Gasteiger partial charge on any atom is 0.318 e. The largest absolute Gasteiger partial charge is 0.480 e. The molecule has 0 fully saturated rings. The Balaban J connectivity index is 3.40. The second-order valence-corrected chi connectivity index (χ2v) is 6.41. The molecule has 0 spiro atoms. The van der Waals surface area contributed by atoms with Gasteiger partial charge in [-0.15, -0.1) is 6.58 Å². The van der Waals surface area contributed by atoms with Crippen molar-refractivity contribution in [2.45, 2.75) is 4.90 Å². The topological polar surface area (TPSA) is 74.7 Å². The summed E-state index contributed by atoms with van der Waals surface area (Å²) in [6.45, 7) is 2.12. The molecule has 0 saturated heterocycles. The average Bonchev–Trinajstić information content (AvgIpc) is 2.25. The van der Waals surface area contributed by atoms with E-state index in [4.69, 9.17) is 5.11 Å². The van der Waals surface area contributed by atoms with Gasteiger partial charge in [-0.05, 0) is 22.0 Å². The van der Waals surface area contributed by atoms with Crippen molar-refractivity contribution in [1.29, 1.82) is 0 Å². The maximum absolute atomic E-state index is 13.7. The van der Waals surface area contributed by atoms with Gasteiger partial charge in [-0.3, -0.25) is 4.79 Å². The molecule has 5 nitrogen and oxygen atoms in total. The van der Waals surface area contributed by atoms with Crippen LogP contribution in [0.4, 0.5) is 8.78 Å². The van der Waals surface area contributed by atoms with E-state index < -0.39 is 39.1 Å². The van der Waals surface area contributed by atoms with E-state index in [0.29, 0.717) is 10.4 Å². The monoisotopic (exact) mass is 369 g/mol. The predicted molar refractivity (Wildman–Crippen MR) is 70.6 cm³/mol. The van der Waals surface area contributed by atoms with Crippen molar-refractivity contribution in [2.75, 3.05) is 13.1 Å². The molecule has 20 heavy (non-hydrogen) atoms. The van der Waals surface area contributed by atoms with Gasteiger partial charge in [0, 0.05) is 17.1 Å². The van der Waals surface area contributed by atoms with Crippen molar-refractivity contribution in [1.82, 2.24) is 4.31 Å². The van der Waals surface area contributed by atoms with Gasteiger partial charge in [0.25, 0.3) is 0 Å². The number of hydrogen-bond donors (Lipinski definition) is 1. The third-order valence-electron chi connectivity index (χ3n) is 2.21. The van der Waals surface area contributed by atoms with Crippen LogP contribution in [-0.4, -0.2) is 36.9 Å². The van der Waals surface area contributed by atoms with Crippen molar-refractivity contribution in [3.63, 3.8) is 0 Å². The number of carboxylic acids is 1. The number of sulfonamides is 1. The first-order chi connectivity index (χ1) is 9.20. The van der Waals surface area contributed by atoms with Gasteiger partial charge in [-0.2, -0.15) is 4.31 Å². The number of hydrogen-bond acceptors (Lipinski definition) is 3. The van der Waals surface area contributed by atoms with Crippen molar-refractivity contribution in [2.24, 2.45) is 0 Å². The van der Waals surface area contributed by atoms with E-state index in [1.807, 2.05) is 0 Å². The predicted octanol–water partition coefficient (Wildman–Crippen LogP) is 1.99. The first-order valence-corrected chi connectivity index (χ1v) is 7.40. The summed E-state index contributed by atoms with van der Waals surface area (Å²) in [5.41, 5.74) is 0. The molecule has 0 aromatic heterocycles. The molecule has 1 aromatic rings. The summed E-state index contributed by atoms with van der Waals surface area (Å²) in [5.74, 6) is -3.67. The minimum absolute atomic E-state index is 0.322. The summed E-state index contributed by atoms with van der Waals surface area (Å²) in [6.07, 6.45) is 1.16. The molecule has 0 saturated carbocycles. The van der Waals surface area contributed by atoms with Crippen LogP contribution in [0, 0.1) is 11.6 Å². The van der Waals surface area contributed by atoms with Gasteiger partial charge in [-0.25, -0.2) is 17.2 Å². The molecular weight excluding hydrogens is 360 g/mol. The zero-order chi connectivity index (χ0) is 15.5. The molecule has 0 amide bonds. The number of nitrogens with zero attached hydrogens (tertiary/aromatic N) is 1. The van der Waals surface area contributed by atoms with Gasteiger partial charge >= 0.3 is 5.97 Å². The van der Waals surface area contributed by atoms with Crippen LogP contribution in [0.15, 0.2) is 34.2 Å². The molecule has 1 aromatic carbocycles. The highest BCUT2D eigenvalue weighted by Gasteiger charge is 2.31. The number of aliphatic carboxylic acids is 1. The molecular formula is C11H10BrF2NO4S. The fraction of sp³-hybridized carbons (Fsp3) is 0.182. The minimum Gasteiger partial charge on any atom is -0.480 e. The summed E-state index contributed by atoms with van der Waals surface area (Å²) >= 11 is 2.76. The number of carbonyl (C=O) groups is 1. The quantitative estimate of drug-likeness (QED) is 0.778. The molecule has 1 rings (SSSR count). The van der Waals surface area contributed by atoms with Gasteiger partial charge in [-0.1, -0.05) is 6.08 Å². The van der Waals surface area contributed by atoms with Gasteiger partial charge in [0.15, 0.2) is 0 Å². The van der Waals surface area contributed by atoms with E-state index in [9.17, 15) is 22.0 Å². The van der Waals surface area contributed by atoms with Crippen molar-refractivity contribution in [3.05, 3.63) is 40.9 Å². The number of halogens is 3. The first kappa shape index (κ1) is 16.7. The number of carboxylic acid groups (broad SMARTS) is 1. The fourth-order valence-electron chi connectivity index (χ4n) is 1.45. The van der Waals surface area contributed by atoms with E-state index in [0.717, 1.165) is 12.1 Å². The van der Waals surface area contributed by atoms with Crippen LogP contribution in [0.1, 0.15) is 0 Å². The zero-order valence-electron chi connectivity index (χ0n) is 10.0. The molecule has 0 heterocycles. The summed E-state index contributed by atoms with van der Waals surface area (Å²) in [5, 5.41) is 8.70. The average molecular weight is 370 g/mol. The molecule has 0 aliphatic carbocycles. The van der Waals surface area contributed by atoms with Crippen LogP contribution in [-0.2, 0) is 14.8 Å². The minimum atomic E-state index is -4.44. The molecule has 110 valence electrons. The van der Waals surface area contributed by atoms with Gasteiger partial charge in [0.1, 0.15) is 23.1 Å². The highest BCUT2D eigenvalue weighted by atomic mass is 79.9. The molecule has 0 radical (unpaired) electrons. The number of benzene rings is 1. The van der Waals surface area contributed by atoms with Crippen LogP contribution < -0.4 is 0 Å². The Kier molecular flexibility index (Phi) is 5.37. The van der Waals surface area contributed by atoms with Crippen LogP contribution in [0.25, 0.3) is 0 Å². The second kappa shape index (κ2) is 6.42. The van der Waals surface area contributed by atoms with E-state index >= 15 is 0 Å². The third kappa shape index (κ3) is 3.62. The van der Waals surface area contributed by atoms with Crippen molar-refractivity contribution >= 4 is 31.9 Å². The Labute approximate surface area is 122 Å². The van der Waals surface area contributed by atoms with E-state index in [1.165, 1.54) is 0 Å². The smallest absolute Gasteiger partial charge is 0.318 e. The Morgan fingerprint density at radius 2 is 2.05 bits per heavy atom. The van der Waals surface area contributed by atoms with Gasteiger partial charge in [0.2, 0.25) is 10.0 Å². The lowest BCUT2D eigenvalue weighted by Crippen LogP contribution is -2.36. The Morgan fingerprint density at radius 1 is 1.45 bits per heavy atom. The van der Waals surface area contributed by atoms with Crippen LogP contribution in [0.3, 0.4) is 0 Å². The van der Waals surface area contributed by atoms with Crippen molar-refractivity contribution < 1.29 is 27.1 Å². The number of rotatable bonds is 6. The van der Waals surface area contributed by atoms with Crippen molar-refractivity contribution in [3.8, 4) is 0 Å². The van der Waals surface area contributed by atoms with E-state index in [2.05, 4.69) is 22.5 Å². The summed E-state index contributed by atoms with van der Waals surface area (Å²) < 4.78 is 51.3. The molecule has 0 unspecified atom stereocenters. The van der Waals surface area contributed by atoms with Crippen LogP contribution in [0.2, 0.25) is 0 Å².